The first-order chi connectivity index (χ1) is 9.99. The van der Waals surface area contributed by atoms with Crippen LogP contribution in [0, 0.1) is 5.41 Å². The van der Waals surface area contributed by atoms with Crippen LogP contribution in [0.25, 0.3) is 0 Å². The number of hydrogen-bond donors (Lipinski definition) is 3. The highest BCUT2D eigenvalue weighted by Crippen LogP contribution is 2.30. The molecular weight excluding hydrogens is 299 g/mol. The van der Waals surface area contributed by atoms with Crippen LogP contribution in [0.2, 0.25) is 0 Å². The van der Waals surface area contributed by atoms with Crippen molar-refractivity contribution in [1.29, 1.82) is 0 Å². The average Bonchev–Trinajstić information content (AvgIpc) is 2.51. The Balaban J connectivity index is 2.64. The van der Waals surface area contributed by atoms with Crippen molar-refractivity contribution in [1.82, 2.24) is 16.0 Å². The summed E-state index contributed by atoms with van der Waals surface area (Å²) in [5.41, 5.74) is -0.590. The summed E-state index contributed by atoms with van der Waals surface area (Å²) in [6, 6.07) is -3.69. The number of amides is 3. The summed E-state index contributed by atoms with van der Waals surface area (Å²) in [7, 11) is 0. The SMILES string of the molecule is CC(C)(C)C[C@@H](NC(=O)N[C@H]1CCCCNC1=O)C(F)(F)F. The van der Waals surface area contributed by atoms with Crippen LogP contribution in [0.4, 0.5) is 18.0 Å². The Morgan fingerprint density at radius 3 is 2.50 bits per heavy atom. The number of carbonyl (C=O) groups is 2. The molecule has 1 aliphatic rings. The Morgan fingerprint density at radius 2 is 1.95 bits per heavy atom. The van der Waals surface area contributed by atoms with Crippen molar-refractivity contribution in [3.8, 4) is 0 Å². The Labute approximate surface area is 128 Å². The minimum absolute atomic E-state index is 0.235. The molecule has 0 unspecified atom stereocenters. The summed E-state index contributed by atoms with van der Waals surface area (Å²) >= 11 is 0. The molecular formula is C14H24F3N3O2. The average molecular weight is 323 g/mol. The van der Waals surface area contributed by atoms with Crippen LogP contribution in [0.15, 0.2) is 0 Å². The number of hydrogen-bond acceptors (Lipinski definition) is 2. The van der Waals surface area contributed by atoms with Gasteiger partial charge in [-0.1, -0.05) is 20.8 Å². The van der Waals surface area contributed by atoms with E-state index in [2.05, 4.69) is 10.6 Å². The molecule has 1 saturated heterocycles. The van der Waals surface area contributed by atoms with E-state index in [9.17, 15) is 22.8 Å². The number of rotatable bonds is 3. The molecule has 5 nitrogen and oxygen atoms in total. The first-order valence-electron chi connectivity index (χ1n) is 7.40. The van der Waals surface area contributed by atoms with Gasteiger partial charge < -0.3 is 16.0 Å². The van der Waals surface area contributed by atoms with Gasteiger partial charge in [0.1, 0.15) is 12.1 Å². The zero-order valence-corrected chi connectivity index (χ0v) is 13.1. The molecule has 0 aromatic carbocycles. The molecule has 0 aromatic heterocycles. The van der Waals surface area contributed by atoms with Gasteiger partial charge >= 0.3 is 12.2 Å². The summed E-state index contributed by atoms with van der Waals surface area (Å²) in [5.74, 6) is -0.355. The minimum atomic E-state index is -4.53. The second-order valence-electron chi connectivity index (χ2n) is 6.82. The van der Waals surface area contributed by atoms with E-state index in [0.717, 1.165) is 12.8 Å². The Morgan fingerprint density at radius 1 is 1.32 bits per heavy atom. The molecule has 2 atom stereocenters. The van der Waals surface area contributed by atoms with Crippen LogP contribution in [-0.2, 0) is 4.79 Å². The third kappa shape index (κ3) is 6.53. The lowest BCUT2D eigenvalue weighted by molar-refractivity contribution is -0.159. The summed E-state index contributed by atoms with van der Waals surface area (Å²) in [6.07, 6.45) is -2.82. The highest BCUT2D eigenvalue weighted by molar-refractivity contribution is 5.87. The van der Waals surface area contributed by atoms with E-state index in [0.29, 0.717) is 13.0 Å². The first kappa shape index (κ1) is 18.6. The molecule has 3 N–H and O–H groups in total. The summed E-state index contributed by atoms with van der Waals surface area (Å²) in [6.45, 7) is 5.53. The molecule has 22 heavy (non-hydrogen) atoms. The predicted octanol–water partition coefficient (Wildman–Crippen LogP) is 2.32. The molecule has 1 aliphatic heterocycles. The normalized spacial score (nSPS) is 21.5. The number of alkyl halides is 3. The highest BCUT2D eigenvalue weighted by atomic mass is 19.4. The largest absolute Gasteiger partial charge is 0.408 e. The number of halogens is 3. The van der Waals surface area contributed by atoms with E-state index in [1.165, 1.54) is 0 Å². The maximum absolute atomic E-state index is 13.0. The van der Waals surface area contributed by atoms with E-state index in [1.54, 1.807) is 20.8 Å². The molecule has 128 valence electrons. The molecule has 0 bridgehead atoms. The molecule has 0 radical (unpaired) electrons. The Hall–Kier alpha value is -1.47. The second kappa shape index (κ2) is 7.19. The number of urea groups is 1. The van der Waals surface area contributed by atoms with Crippen LogP contribution in [0.3, 0.4) is 0 Å². The minimum Gasteiger partial charge on any atom is -0.354 e. The quantitative estimate of drug-likeness (QED) is 0.746. The Bertz CT molecular complexity index is 405. The second-order valence-corrected chi connectivity index (χ2v) is 6.82. The fraction of sp³-hybridized carbons (Fsp3) is 0.857. The van der Waals surface area contributed by atoms with Gasteiger partial charge in [0.25, 0.3) is 0 Å². The van der Waals surface area contributed by atoms with Gasteiger partial charge in [-0.15, -0.1) is 0 Å². The van der Waals surface area contributed by atoms with Crippen LogP contribution < -0.4 is 16.0 Å². The maximum Gasteiger partial charge on any atom is 0.408 e. The van der Waals surface area contributed by atoms with Crippen molar-refractivity contribution in [2.45, 2.75) is 64.7 Å². The monoisotopic (exact) mass is 323 g/mol. The zero-order valence-electron chi connectivity index (χ0n) is 13.1. The standard InChI is InChI=1S/C14H24F3N3O2/c1-13(2,3)8-10(14(15,16)17)20-12(22)19-9-6-4-5-7-18-11(9)21/h9-10H,4-8H2,1-3H3,(H,18,21)(H2,19,20,22)/t9-,10+/m0/s1. The third-order valence-electron chi connectivity index (χ3n) is 3.36. The molecule has 0 aromatic rings. The summed E-state index contributed by atoms with van der Waals surface area (Å²) in [4.78, 5) is 23.5. The maximum atomic E-state index is 13.0. The lowest BCUT2D eigenvalue weighted by atomic mass is 9.88. The van der Waals surface area contributed by atoms with E-state index < -0.39 is 29.7 Å². The van der Waals surface area contributed by atoms with Gasteiger partial charge in [-0.3, -0.25) is 4.79 Å². The smallest absolute Gasteiger partial charge is 0.354 e. The van der Waals surface area contributed by atoms with Crippen molar-refractivity contribution in [2.24, 2.45) is 5.41 Å². The molecule has 3 amide bonds. The van der Waals surface area contributed by atoms with Crippen LogP contribution in [0.5, 0.6) is 0 Å². The van der Waals surface area contributed by atoms with Crippen molar-refractivity contribution in [3.63, 3.8) is 0 Å². The van der Waals surface area contributed by atoms with Crippen LogP contribution in [0.1, 0.15) is 46.5 Å². The van der Waals surface area contributed by atoms with Crippen molar-refractivity contribution in [3.05, 3.63) is 0 Å². The van der Waals surface area contributed by atoms with E-state index in [1.807, 2.05) is 5.32 Å². The molecule has 1 rings (SSSR count). The van der Waals surface area contributed by atoms with Gasteiger partial charge in [-0.05, 0) is 31.1 Å². The number of carbonyl (C=O) groups excluding carboxylic acids is 2. The van der Waals surface area contributed by atoms with Gasteiger partial charge in [-0.2, -0.15) is 13.2 Å². The van der Waals surface area contributed by atoms with Gasteiger partial charge in [0.05, 0.1) is 0 Å². The van der Waals surface area contributed by atoms with E-state index in [-0.39, 0.29) is 12.3 Å². The van der Waals surface area contributed by atoms with E-state index in [4.69, 9.17) is 0 Å². The predicted molar refractivity (Wildman–Crippen MR) is 76.2 cm³/mol. The zero-order chi connectivity index (χ0) is 17.0. The van der Waals surface area contributed by atoms with Gasteiger partial charge in [0, 0.05) is 6.54 Å². The topological polar surface area (TPSA) is 70.2 Å². The lowest BCUT2D eigenvalue weighted by Gasteiger charge is -2.29. The van der Waals surface area contributed by atoms with Gasteiger partial charge in [0.15, 0.2) is 0 Å². The van der Waals surface area contributed by atoms with Crippen molar-refractivity contribution in [2.75, 3.05) is 6.54 Å². The summed E-state index contributed by atoms with van der Waals surface area (Å²) < 4.78 is 39.0. The molecule has 0 spiro atoms. The van der Waals surface area contributed by atoms with Crippen LogP contribution in [-0.4, -0.2) is 36.7 Å². The Kier molecular flexibility index (Phi) is 6.08. The molecule has 8 heteroatoms. The van der Waals surface area contributed by atoms with Crippen molar-refractivity contribution >= 4 is 11.9 Å². The molecule has 0 saturated carbocycles. The van der Waals surface area contributed by atoms with Crippen molar-refractivity contribution < 1.29 is 22.8 Å². The number of nitrogens with one attached hydrogen (secondary N) is 3. The van der Waals surface area contributed by atoms with Gasteiger partial charge in [0.2, 0.25) is 5.91 Å². The van der Waals surface area contributed by atoms with Gasteiger partial charge in [-0.25, -0.2) is 4.79 Å². The molecule has 1 fully saturated rings. The lowest BCUT2D eigenvalue weighted by Crippen LogP contribution is -2.55. The first-order valence-corrected chi connectivity index (χ1v) is 7.40. The highest BCUT2D eigenvalue weighted by Gasteiger charge is 2.43. The third-order valence-corrected chi connectivity index (χ3v) is 3.36. The molecule has 1 heterocycles. The van der Waals surface area contributed by atoms with Crippen LogP contribution >= 0.6 is 0 Å². The fourth-order valence-corrected chi connectivity index (χ4v) is 2.30. The summed E-state index contributed by atoms with van der Waals surface area (Å²) in [5, 5.41) is 6.90. The van der Waals surface area contributed by atoms with E-state index >= 15 is 0 Å². The fourth-order valence-electron chi connectivity index (χ4n) is 2.30. The molecule has 0 aliphatic carbocycles.